The van der Waals surface area contributed by atoms with Crippen LogP contribution >= 0.6 is 11.6 Å². The van der Waals surface area contributed by atoms with Gasteiger partial charge in [0, 0.05) is 34.1 Å². The molecule has 0 saturated carbocycles. The van der Waals surface area contributed by atoms with Crippen molar-refractivity contribution in [2.45, 2.75) is 19.1 Å². The Hall–Kier alpha value is -4.19. The number of ether oxygens (including phenoxy) is 1. The first-order valence-corrected chi connectivity index (χ1v) is 11.5. The molecule has 0 aliphatic carbocycles. The topological polar surface area (TPSA) is 84.7 Å². The van der Waals surface area contributed by atoms with E-state index in [1.165, 1.54) is 22.7 Å². The van der Waals surface area contributed by atoms with Gasteiger partial charge in [0.15, 0.2) is 5.69 Å². The fourth-order valence-electron chi connectivity index (χ4n) is 4.29. The second-order valence-electron chi connectivity index (χ2n) is 8.32. The minimum absolute atomic E-state index is 0.0363. The van der Waals surface area contributed by atoms with E-state index < -0.39 is 41.3 Å². The number of nitrogens with zero attached hydrogens (tertiary/aromatic N) is 2. The zero-order valence-electron chi connectivity index (χ0n) is 19.3. The highest BCUT2D eigenvalue weighted by atomic mass is 35.5. The SMILES string of the molecule is CCOC(=O)c1cn2c3c(c(Nc4cc(F)cc(C(F)(F)F)c4)cc2n1)C(c1cc(F)ccc1Cl)NC3=O. The van der Waals surface area contributed by atoms with Gasteiger partial charge in [-0.15, -0.1) is 0 Å². The van der Waals surface area contributed by atoms with Crippen LogP contribution < -0.4 is 10.6 Å². The predicted molar refractivity (Wildman–Crippen MR) is 127 cm³/mol. The standard InChI is InChI=1S/C25H16ClF5N4O3/c1-2-38-24(37)18-10-35-19(33-18)9-17(32-14-6-11(25(29,30)31)5-13(28)7-14)20-21(34-23(36)22(20)35)15-8-12(27)3-4-16(15)26/h3-10,21,32H,2H2,1H3,(H,34,36). The first-order valence-electron chi connectivity index (χ1n) is 11.1. The van der Waals surface area contributed by atoms with Gasteiger partial charge in [0.2, 0.25) is 0 Å². The van der Waals surface area contributed by atoms with Crippen LogP contribution in [0.3, 0.4) is 0 Å². The van der Waals surface area contributed by atoms with Gasteiger partial charge in [0.1, 0.15) is 23.0 Å². The Bertz CT molecular complexity index is 1620. The molecule has 1 amide bonds. The molecule has 0 spiro atoms. The predicted octanol–water partition coefficient (Wildman–Crippen LogP) is 6.04. The molecule has 7 nitrogen and oxygen atoms in total. The fourth-order valence-corrected chi connectivity index (χ4v) is 4.52. The van der Waals surface area contributed by atoms with Crippen molar-refractivity contribution in [1.29, 1.82) is 0 Å². The Labute approximate surface area is 216 Å². The van der Waals surface area contributed by atoms with Gasteiger partial charge in [0.05, 0.1) is 23.9 Å². The number of alkyl halides is 3. The third-order valence-electron chi connectivity index (χ3n) is 5.83. The van der Waals surface area contributed by atoms with Crippen LogP contribution in [0.5, 0.6) is 0 Å². The molecule has 4 aromatic rings. The first-order chi connectivity index (χ1) is 18.0. The molecular weight excluding hydrogens is 535 g/mol. The number of aromatic nitrogens is 2. The molecule has 13 heteroatoms. The number of carbonyl (C=O) groups excluding carboxylic acids is 2. The van der Waals surface area contributed by atoms with Crippen LogP contribution in [-0.2, 0) is 10.9 Å². The van der Waals surface area contributed by atoms with Crippen molar-refractivity contribution < 1.29 is 36.3 Å². The van der Waals surface area contributed by atoms with Crippen molar-refractivity contribution in [3.8, 4) is 0 Å². The normalized spacial score (nSPS) is 14.9. The summed E-state index contributed by atoms with van der Waals surface area (Å²) < 4.78 is 74.5. The second kappa shape index (κ2) is 9.28. The summed E-state index contributed by atoms with van der Waals surface area (Å²) >= 11 is 6.30. The van der Waals surface area contributed by atoms with E-state index in [2.05, 4.69) is 15.6 Å². The summed E-state index contributed by atoms with van der Waals surface area (Å²) in [6, 6.07) is 5.73. The third kappa shape index (κ3) is 4.51. The average molecular weight is 551 g/mol. The number of nitrogens with one attached hydrogen (secondary N) is 2. The Morgan fingerprint density at radius 3 is 2.63 bits per heavy atom. The number of carbonyl (C=O) groups is 2. The van der Waals surface area contributed by atoms with Crippen LogP contribution in [0.1, 0.15) is 50.6 Å². The molecule has 1 aliphatic heterocycles. The number of anilines is 2. The number of imidazole rings is 1. The Morgan fingerprint density at radius 2 is 1.92 bits per heavy atom. The smallest absolute Gasteiger partial charge is 0.416 e. The Balaban J connectivity index is 1.74. The van der Waals surface area contributed by atoms with Gasteiger partial charge in [-0.25, -0.2) is 18.6 Å². The van der Waals surface area contributed by atoms with Crippen LogP contribution in [0.15, 0.2) is 48.7 Å². The zero-order chi connectivity index (χ0) is 27.4. The van der Waals surface area contributed by atoms with E-state index in [9.17, 15) is 31.5 Å². The maximum absolute atomic E-state index is 14.1. The van der Waals surface area contributed by atoms with Gasteiger partial charge >= 0.3 is 12.1 Å². The number of benzene rings is 2. The van der Waals surface area contributed by atoms with E-state index in [0.29, 0.717) is 12.1 Å². The van der Waals surface area contributed by atoms with Crippen molar-refractivity contribution in [2.75, 3.05) is 11.9 Å². The van der Waals surface area contributed by atoms with Gasteiger partial charge in [-0.05, 0) is 43.3 Å². The average Bonchev–Trinajstić information content (AvgIpc) is 3.41. The number of rotatable bonds is 5. The van der Waals surface area contributed by atoms with Crippen LogP contribution in [-0.4, -0.2) is 27.9 Å². The molecule has 5 rings (SSSR count). The molecule has 1 atom stereocenters. The minimum atomic E-state index is -4.82. The number of amides is 1. The van der Waals surface area contributed by atoms with Crippen molar-refractivity contribution >= 4 is 40.5 Å². The molecule has 1 aliphatic rings. The summed E-state index contributed by atoms with van der Waals surface area (Å²) in [5, 5.41) is 5.52. The highest BCUT2D eigenvalue weighted by molar-refractivity contribution is 6.31. The number of halogens is 6. The lowest BCUT2D eigenvalue weighted by molar-refractivity contribution is -0.137. The van der Waals surface area contributed by atoms with Gasteiger partial charge in [-0.2, -0.15) is 13.2 Å². The summed E-state index contributed by atoms with van der Waals surface area (Å²) in [6.45, 7) is 1.67. The van der Waals surface area contributed by atoms with Gasteiger partial charge in [-0.3, -0.25) is 9.20 Å². The lowest BCUT2D eigenvalue weighted by Gasteiger charge is -2.19. The summed E-state index contributed by atoms with van der Waals surface area (Å²) in [5.74, 6) is -3.20. The maximum atomic E-state index is 14.1. The Morgan fingerprint density at radius 1 is 1.16 bits per heavy atom. The summed E-state index contributed by atoms with van der Waals surface area (Å²) in [6.07, 6.45) is -3.55. The van der Waals surface area contributed by atoms with Gasteiger partial charge < -0.3 is 15.4 Å². The first kappa shape index (κ1) is 25.5. The molecule has 2 aromatic carbocycles. The molecular formula is C25H16ClF5N4O3. The molecule has 1 unspecified atom stereocenters. The molecule has 2 aromatic heterocycles. The molecule has 0 bridgehead atoms. The molecule has 2 N–H and O–H groups in total. The van der Waals surface area contributed by atoms with Crippen LogP contribution in [0.25, 0.3) is 5.65 Å². The van der Waals surface area contributed by atoms with E-state index in [-0.39, 0.29) is 51.2 Å². The van der Waals surface area contributed by atoms with Crippen LogP contribution in [0.4, 0.5) is 33.3 Å². The van der Waals surface area contributed by atoms with Crippen LogP contribution in [0, 0.1) is 11.6 Å². The maximum Gasteiger partial charge on any atom is 0.416 e. The van der Waals surface area contributed by atoms with Gasteiger partial charge in [0.25, 0.3) is 5.91 Å². The molecule has 0 radical (unpaired) electrons. The number of pyridine rings is 1. The Kier molecular flexibility index (Phi) is 6.22. The van der Waals surface area contributed by atoms with E-state index >= 15 is 0 Å². The van der Waals surface area contributed by atoms with Gasteiger partial charge in [-0.1, -0.05) is 11.6 Å². The zero-order valence-corrected chi connectivity index (χ0v) is 20.0. The molecule has 0 saturated heterocycles. The van der Waals surface area contributed by atoms with E-state index in [1.54, 1.807) is 6.92 Å². The highest BCUT2D eigenvalue weighted by Gasteiger charge is 2.37. The van der Waals surface area contributed by atoms with Crippen LogP contribution in [0.2, 0.25) is 5.02 Å². The number of hydrogen-bond donors (Lipinski definition) is 2. The second-order valence-corrected chi connectivity index (χ2v) is 8.73. The number of esters is 1. The summed E-state index contributed by atoms with van der Waals surface area (Å²) in [5.41, 5.74) is -1.21. The molecule has 0 fully saturated rings. The highest BCUT2D eigenvalue weighted by Crippen LogP contribution is 2.41. The minimum Gasteiger partial charge on any atom is -0.461 e. The summed E-state index contributed by atoms with van der Waals surface area (Å²) in [7, 11) is 0. The van der Waals surface area contributed by atoms with Crippen molar-refractivity contribution in [2.24, 2.45) is 0 Å². The van der Waals surface area contributed by atoms with Crippen molar-refractivity contribution in [3.05, 3.63) is 93.4 Å². The lowest BCUT2D eigenvalue weighted by atomic mass is 9.98. The molecule has 196 valence electrons. The number of fused-ring (bicyclic) bond motifs is 3. The van der Waals surface area contributed by atoms with Crippen molar-refractivity contribution in [1.82, 2.24) is 14.7 Å². The molecule has 3 heterocycles. The van der Waals surface area contributed by atoms with Crippen molar-refractivity contribution in [3.63, 3.8) is 0 Å². The summed E-state index contributed by atoms with van der Waals surface area (Å²) in [4.78, 5) is 29.6. The lowest BCUT2D eigenvalue weighted by Crippen LogP contribution is -2.21. The van der Waals surface area contributed by atoms with E-state index in [4.69, 9.17) is 16.3 Å². The fraction of sp³-hybridized carbons (Fsp3) is 0.160. The monoisotopic (exact) mass is 550 g/mol. The van der Waals surface area contributed by atoms with E-state index in [1.807, 2.05) is 0 Å². The largest absolute Gasteiger partial charge is 0.461 e. The third-order valence-corrected chi connectivity index (χ3v) is 6.17. The molecule has 38 heavy (non-hydrogen) atoms. The van der Waals surface area contributed by atoms with E-state index in [0.717, 1.165) is 18.2 Å². The number of hydrogen-bond acceptors (Lipinski definition) is 5. The quantitative estimate of drug-likeness (QED) is 0.234.